The summed E-state index contributed by atoms with van der Waals surface area (Å²) in [6.45, 7) is 0.696. The molecule has 0 radical (unpaired) electrons. The highest BCUT2D eigenvalue weighted by Crippen LogP contribution is 2.08. The monoisotopic (exact) mass is 212 g/mol. The minimum atomic E-state index is 0.686. The molecule has 1 aromatic heterocycles. The third kappa shape index (κ3) is 2.39. The quantitative estimate of drug-likeness (QED) is 0.845. The highest BCUT2D eigenvalue weighted by Gasteiger charge is 1.97. The number of anilines is 1. The van der Waals surface area contributed by atoms with E-state index in [1.807, 2.05) is 31.4 Å². The van der Waals surface area contributed by atoms with E-state index in [1.54, 1.807) is 16.9 Å². The molecule has 80 valence electrons. The Morgan fingerprint density at radius 1 is 1.50 bits per heavy atom. The SMILES string of the molecule is Cn1cc(NCc2cccc(C#N)c2)cn1. The van der Waals surface area contributed by atoms with Crippen LogP contribution in [-0.4, -0.2) is 9.78 Å². The summed E-state index contributed by atoms with van der Waals surface area (Å²) in [4.78, 5) is 0. The molecule has 1 aromatic carbocycles. The molecule has 16 heavy (non-hydrogen) atoms. The highest BCUT2D eigenvalue weighted by molar-refractivity contribution is 5.40. The van der Waals surface area contributed by atoms with Crippen LogP contribution in [0.3, 0.4) is 0 Å². The summed E-state index contributed by atoms with van der Waals surface area (Å²) in [5.74, 6) is 0. The fourth-order valence-electron chi connectivity index (χ4n) is 1.47. The first-order valence-electron chi connectivity index (χ1n) is 4.99. The summed E-state index contributed by atoms with van der Waals surface area (Å²) in [5, 5.41) is 16.1. The second-order valence-electron chi connectivity index (χ2n) is 3.57. The predicted octanol–water partition coefficient (Wildman–Crippen LogP) is 1.90. The largest absolute Gasteiger partial charge is 0.378 e. The normalized spacial score (nSPS) is 9.75. The number of hydrogen-bond donors (Lipinski definition) is 1. The van der Waals surface area contributed by atoms with E-state index in [0.29, 0.717) is 12.1 Å². The molecule has 0 saturated heterocycles. The van der Waals surface area contributed by atoms with Gasteiger partial charge in [0.2, 0.25) is 0 Å². The fraction of sp³-hybridized carbons (Fsp3) is 0.167. The summed E-state index contributed by atoms with van der Waals surface area (Å²) in [7, 11) is 1.88. The van der Waals surface area contributed by atoms with Crippen molar-refractivity contribution < 1.29 is 0 Å². The first-order valence-corrected chi connectivity index (χ1v) is 4.99. The molecule has 4 heteroatoms. The molecule has 0 amide bonds. The molecule has 0 bridgehead atoms. The summed E-state index contributed by atoms with van der Waals surface area (Å²) in [6, 6.07) is 9.68. The van der Waals surface area contributed by atoms with Crippen molar-refractivity contribution in [2.24, 2.45) is 7.05 Å². The van der Waals surface area contributed by atoms with E-state index in [4.69, 9.17) is 5.26 Å². The lowest BCUT2D eigenvalue weighted by Gasteiger charge is -2.03. The molecule has 0 aliphatic rings. The zero-order valence-corrected chi connectivity index (χ0v) is 9.01. The average Bonchev–Trinajstić information content (AvgIpc) is 2.73. The van der Waals surface area contributed by atoms with Crippen LogP contribution < -0.4 is 5.32 Å². The zero-order chi connectivity index (χ0) is 11.4. The Hall–Kier alpha value is -2.28. The molecule has 2 rings (SSSR count). The van der Waals surface area contributed by atoms with Crippen LogP contribution in [0.1, 0.15) is 11.1 Å². The second kappa shape index (κ2) is 4.49. The smallest absolute Gasteiger partial charge is 0.0991 e. The molecule has 1 N–H and O–H groups in total. The lowest BCUT2D eigenvalue weighted by atomic mass is 10.1. The molecule has 0 spiro atoms. The number of aryl methyl sites for hydroxylation is 1. The lowest BCUT2D eigenvalue weighted by molar-refractivity contribution is 0.768. The van der Waals surface area contributed by atoms with Crippen molar-refractivity contribution in [3.63, 3.8) is 0 Å². The molecule has 0 aliphatic carbocycles. The van der Waals surface area contributed by atoms with Gasteiger partial charge in [0.1, 0.15) is 0 Å². The van der Waals surface area contributed by atoms with Crippen LogP contribution in [0.4, 0.5) is 5.69 Å². The van der Waals surface area contributed by atoms with Crippen molar-refractivity contribution in [3.8, 4) is 6.07 Å². The predicted molar refractivity (Wildman–Crippen MR) is 61.7 cm³/mol. The van der Waals surface area contributed by atoms with Gasteiger partial charge in [-0.05, 0) is 17.7 Å². The number of benzene rings is 1. The van der Waals surface area contributed by atoms with Crippen molar-refractivity contribution in [1.82, 2.24) is 9.78 Å². The molecule has 0 saturated carbocycles. The number of rotatable bonds is 3. The van der Waals surface area contributed by atoms with E-state index in [-0.39, 0.29) is 0 Å². The Morgan fingerprint density at radius 2 is 2.38 bits per heavy atom. The lowest BCUT2D eigenvalue weighted by Crippen LogP contribution is -1.98. The van der Waals surface area contributed by atoms with Crippen LogP contribution >= 0.6 is 0 Å². The van der Waals surface area contributed by atoms with Crippen molar-refractivity contribution in [1.29, 1.82) is 5.26 Å². The Morgan fingerprint density at radius 3 is 3.06 bits per heavy atom. The third-order valence-electron chi connectivity index (χ3n) is 2.26. The molecule has 0 aliphatic heterocycles. The Bertz CT molecular complexity index is 522. The first-order chi connectivity index (χ1) is 7.78. The van der Waals surface area contributed by atoms with Crippen LogP contribution in [-0.2, 0) is 13.6 Å². The van der Waals surface area contributed by atoms with Crippen LogP contribution in [0.15, 0.2) is 36.7 Å². The van der Waals surface area contributed by atoms with E-state index >= 15 is 0 Å². The van der Waals surface area contributed by atoms with Gasteiger partial charge in [0.25, 0.3) is 0 Å². The van der Waals surface area contributed by atoms with Crippen molar-refractivity contribution >= 4 is 5.69 Å². The fourth-order valence-corrected chi connectivity index (χ4v) is 1.47. The highest BCUT2D eigenvalue weighted by atomic mass is 15.3. The van der Waals surface area contributed by atoms with E-state index in [0.717, 1.165) is 11.3 Å². The van der Waals surface area contributed by atoms with E-state index < -0.39 is 0 Å². The number of hydrogen-bond acceptors (Lipinski definition) is 3. The minimum absolute atomic E-state index is 0.686. The van der Waals surface area contributed by atoms with Gasteiger partial charge < -0.3 is 5.32 Å². The summed E-state index contributed by atoms with van der Waals surface area (Å²) in [5.41, 5.74) is 2.75. The number of nitriles is 1. The second-order valence-corrected chi connectivity index (χ2v) is 3.57. The maximum absolute atomic E-state index is 8.77. The number of nitrogens with zero attached hydrogens (tertiary/aromatic N) is 3. The van der Waals surface area contributed by atoms with E-state index in [2.05, 4.69) is 16.5 Å². The Labute approximate surface area is 94.1 Å². The van der Waals surface area contributed by atoms with Crippen LogP contribution in [0.25, 0.3) is 0 Å². The maximum atomic E-state index is 8.77. The Balaban J connectivity index is 2.02. The van der Waals surface area contributed by atoms with Gasteiger partial charge in [-0.2, -0.15) is 10.4 Å². The van der Waals surface area contributed by atoms with Crippen molar-refractivity contribution in [2.45, 2.75) is 6.54 Å². The molecular weight excluding hydrogens is 200 g/mol. The van der Waals surface area contributed by atoms with E-state index in [9.17, 15) is 0 Å². The van der Waals surface area contributed by atoms with E-state index in [1.165, 1.54) is 0 Å². The molecule has 0 atom stereocenters. The van der Waals surface area contributed by atoms with Crippen molar-refractivity contribution in [3.05, 3.63) is 47.8 Å². The average molecular weight is 212 g/mol. The van der Waals surface area contributed by atoms with Gasteiger partial charge in [0.15, 0.2) is 0 Å². The summed E-state index contributed by atoms with van der Waals surface area (Å²) < 4.78 is 1.74. The number of nitrogens with one attached hydrogen (secondary N) is 1. The molecule has 4 nitrogen and oxygen atoms in total. The zero-order valence-electron chi connectivity index (χ0n) is 9.01. The minimum Gasteiger partial charge on any atom is -0.378 e. The van der Waals surface area contributed by atoms with Crippen molar-refractivity contribution in [2.75, 3.05) is 5.32 Å². The topological polar surface area (TPSA) is 53.6 Å². The molecule has 0 fully saturated rings. The van der Waals surface area contributed by atoms with Gasteiger partial charge >= 0.3 is 0 Å². The van der Waals surface area contributed by atoms with Gasteiger partial charge in [-0.15, -0.1) is 0 Å². The third-order valence-corrected chi connectivity index (χ3v) is 2.26. The molecule has 1 heterocycles. The standard InChI is InChI=1S/C12H12N4/c1-16-9-12(8-15-16)14-7-11-4-2-3-10(5-11)6-13/h2-5,8-9,14H,7H2,1H3. The number of aromatic nitrogens is 2. The molecular formula is C12H12N4. The van der Waals surface area contributed by atoms with Crippen LogP contribution in [0.2, 0.25) is 0 Å². The summed E-state index contributed by atoms with van der Waals surface area (Å²) in [6.07, 6.45) is 3.68. The van der Waals surface area contributed by atoms with Crippen LogP contribution in [0.5, 0.6) is 0 Å². The first kappa shape index (κ1) is 10.2. The molecule has 2 aromatic rings. The van der Waals surface area contributed by atoms with Gasteiger partial charge in [0, 0.05) is 19.8 Å². The van der Waals surface area contributed by atoms with Crippen LogP contribution in [0, 0.1) is 11.3 Å². The maximum Gasteiger partial charge on any atom is 0.0991 e. The van der Waals surface area contributed by atoms with Gasteiger partial charge in [0.05, 0.1) is 23.5 Å². The molecule has 0 unspecified atom stereocenters. The summed E-state index contributed by atoms with van der Waals surface area (Å²) >= 11 is 0. The van der Waals surface area contributed by atoms with Gasteiger partial charge in [-0.3, -0.25) is 4.68 Å². The van der Waals surface area contributed by atoms with Gasteiger partial charge in [-0.25, -0.2) is 0 Å². The Kier molecular flexibility index (Phi) is 2.88. The van der Waals surface area contributed by atoms with Gasteiger partial charge in [-0.1, -0.05) is 12.1 Å².